The number of thiazole rings is 1. The van der Waals surface area contributed by atoms with Gasteiger partial charge in [0.2, 0.25) is 17.7 Å². The molecule has 0 aliphatic carbocycles. The Morgan fingerprint density at radius 1 is 1.06 bits per heavy atom. The van der Waals surface area contributed by atoms with Gasteiger partial charge in [0.1, 0.15) is 11.8 Å². The summed E-state index contributed by atoms with van der Waals surface area (Å²) < 4.78 is 6.81. The van der Waals surface area contributed by atoms with Gasteiger partial charge in [0.25, 0.3) is 0 Å². The second-order valence-electron chi connectivity index (χ2n) is 8.66. The summed E-state index contributed by atoms with van der Waals surface area (Å²) in [6, 6.07) is 10.4. The lowest BCUT2D eigenvalue weighted by molar-refractivity contribution is -0.136. The molecule has 36 heavy (non-hydrogen) atoms. The highest BCUT2D eigenvalue weighted by atomic mass is 35.5. The summed E-state index contributed by atoms with van der Waals surface area (Å²) in [4.78, 5) is 57.8. The fourth-order valence-electron chi connectivity index (χ4n) is 4.92. The number of anilines is 1. The minimum atomic E-state index is -0.702. The van der Waals surface area contributed by atoms with E-state index < -0.39 is 17.1 Å². The lowest BCUT2D eigenvalue weighted by atomic mass is 9.87. The average molecular weight is 562 g/mol. The van der Waals surface area contributed by atoms with Crippen molar-refractivity contribution in [2.45, 2.75) is 22.7 Å². The smallest absolute Gasteiger partial charge is 0.308 e. The molecular formula is C24H20ClN3O5S3. The summed E-state index contributed by atoms with van der Waals surface area (Å²) in [5.41, 5.74) is 0.470. The Hall–Kier alpha value is -2.44. The highest BCUT2D eigenvalue weighted by Gasteiger charge is 2.57. The molecular weight excluding hydrogens is 542 g/mol. The predicted octanol–water partition coefficient (Wildman–Crippen LogP) is 3.28. The van der Waals surface area contributed by atoms with Crippen LogP contribution in [0.3, 0.4) is 0 Å². The Morgan fingerprint density at radius 2 is 1.81 bits per heavy atom. The van der Waals surface area contributed by atoms with E-state index in [1.54, 1.807) is 29.2 Å². The van der Waals surface area contributed by atoms with E-state index in [1.165, 1.54) is 32.6 Å². The third kappa shape index (κ3) is 3.93. The van der Waals surface area contributed by atoms with E-state index in [9.17, 15) is 19.2 Å². The fourth-order valence-corrected chi connectivity index (χ4v) is 8.77. The van der Waals surface area contributed by atoms with Crippen LogP contribution in [0.15, 0.2) is 51.6 Å². The number of hydrogen-bond donors (Lipinski definition) is 0. The van der Waals surface area contributed by atoms with Gasteiger partial charge < -0.3 is 9.64 Å². The van der Waals surface area contributed by atoms with Crippen LogP contribution in [-0.4, -0.2) is 58.7 Å². The van der Waals surface area contributed by atoms with Crippen molar-refractivity contribution < 1.29 is 19.1 Å². The molecule has 8 nitrogen and oxygen atoms in total. The number of thioether (sulfide) groups is 1. The van der Waals surface area contributed by atoms with E-state index in [2.05, 4.69) is 0 Å². The van der Waals surface area contributed by atoms with Crippen molar-refractivity contribution in [2.24, 2.45) is 5.92 Å². The molecule has 2 fully saturated rings. The first-order valence-electron chi connectivity index (χ1n) is 11.4. The van der Waals surface area contributed by atoms with Crippen molar-refractivity contribution in [2.75, 3.05) is 31.2 Å². The Kier molecular flexibility index (Phi) is 6.29. The Balaban J connectivity index is 1.41. The second kappa shape index (κ2) is 9.46. The molecule has 5 heterocycles. The number of fused-ring (bicyclic) bond motifs is 2. The van der Waals surface area contributed by atoms with Gasteiger partial charge in [0.15, 0.2) is 0 Å². The van der Waals surface area contributed by atoms with Crippen LogP contribution >= 0.6 is 46.0 Å². The molecule has 0 spiro atoms. The zero-order valence-electron chi connectivity index (χ0n) is 18.8. The zero-order chi connectivity index (χ0) is 25.0. The van der Waals surface area contributed by atoms with Crippen molar-refractivity contribution in [3.63, 3.8) is 0 Å². The number of rotatable bonds is 4. The van der Waals surface area contributed by atoms with Gasteiger partial charge in [-0.05, 0) is 35.7 Å². The van der Waals surface area contributed by atoms with Crippen LogP contribution in [-0.2, 0) is 25.7 Å². The number of benzene rings is 1. The van der Waals surface area contributed by atoms with Crippen LogP contribution in [0.1, 0.15) is 15.7 Å². The summed E-state index contributed by atoms with van der Waals surface area (Å²) in [5, 5.41) is 2.33. The second-order valence-corrected chi connectivity index (χ2v) is 12.2. The molecule has 0 radical (unpaired) electrons. The van der Waals surface area contributed by atoms with E-state index in [0.717, 1.165) is 21.1 Å². The molecule has 12 heteroatoms. The minimum Gasteiger partial charge on any atom is -0.378 e. The van der Waals surface area contributed by atoms with E-state index >= 15 is 0 Å². The number of amides is 3. The third-order valence-corrected chi connectivity index (χ3v) is 10.5. The van der Waals surface area contributed by atoms with Crippen LogP contribution in [0.25, 0.3) is 0 Å². The molecule has 1 aromatic carbocycles. The molecule has 2 aromatic heterocycles. The largest absolute Gasteiger partial charge is 0.378 e. The van der Waals surface area contributed by atoms with Gasteiger partial charge in [0.05, 0.1) is 29.8 Å². The highest BCUT2D eigenvalue weighted by molar-refractivity contribution is 8.00. The van der Waals surface area contributed by atoms with Crippen LogP contribution in [0, 0.1) is 5.92 Å². The first-order valence-corrected chi connectivity index (χ1v) is 14.3. The molecule has 3 aromatic rings. The van der Waals surface area contributed by atoms with Crippen LogP contribution in [0.2, 0.25) is 5.02 Å². The van der Waals surface area contributed by atoms with Crippen LogP contribution < -0.4 is 9.77 Å². The maximum absolute atomic E-state index is 13.7. The van der Waals surface area contributed by atoms with Gasteiger partial charge in [-0.2, -0.15) is 0 Å². The van der Waals surface area contributed by atoms with Crippen molar-refractivity contribution in [3.8, 4) is 0 Å². The third-order valence-electron chi connectivity index (χ3n) is 6.64. The van der Waals surface area contributed by atoms with Crippen LogP contribution in [0.5, 0.6) is 0 Å². The molecule has 3 aliphatic rings. The summed E-state index contributed by atoms with van der Waals surface area (Å²) >= 11 is 9.80. The van der Waals surface area contributed by atoms with E-state index in [4.69, 9.17) is 16.3 Å². The van der Waals surface area contributed by atoms with E-state index in [0.29, 0.717) is 42.0 Å². The van der Waals surface area contributed by atoms with Crippen LogP contribution in [0.4, 0.5) is 5.69 Å². The number of halogens is 1. The Morgan fingerprint density at radius 3 is 2.50 bits per heavy atom. The van der Waals surface area contributed by atoms with E-state index in [1.807, 2.05) is 17.5 Å². The Bertz CT molecular complexity index is 1400. The number of hydrogen-bond acceptors (Lipinski definition) is 8. The number of aromatic nitrogens is 1. The first-order chi connectivity index (χ1) is 17.4. The quantitative estimate of drug-likeness (QED) is 0.454. The predicted molar refractivity (Wildman–Crippen MR) is 139 cm³/mol. The van der Waals surface area contributed by atoms with Crippen molar-refractivity contribution >= 4 is 69.4 Å². The number of ether oxygens (including phenoxy) is 1. The Labute approximate surface area is 223 Å². The zero-order valence-corrected chi connectivity index (χ0v) is 22.0. The minimum absolute atomic E-state index is 0.102. The molecule has 2 saturated heterocycles. The number of nitrogens with zero attached hydrogens (tertiary/aromatic N) is 3. The molecule has 186 valence electrons. The molecule has 0 bridgehead atoms. The summed E-state index contributed by atoms with van der Waals surface area (Å²) in [6.07, 6.45) is 0. The molecule has 3 amide bonds. The van der Waals surface area contributed by atoms with E-state index in [-0.39, 0.29) is 29.1 Å². The molecule has 0 saturated carbocycles. The van der Waals surface area contributed by atoms with Crippen molar-refractivity contribution in [3.05, 3.63) is 66.2 Å². The number of thiophene rings is 1. The fraction of sp³-hybridized carbons (Fsp3) is 0.333. The normalized spacial score (nSPS) is 23.6. The first kappa shape index (κ1) is 23.9. The maximum Gasteiger partial charge on any atom is 0.308 e. The SMILES string of the molecule is O=C(Cn1c2c(sc1=O)[C@@H](c1cccs1)[C@@H]1C(=O)N(c3ccc(Cl)cc3)C(=O)[C@@H]1S2)N1CCOCC1. The topological polar surface area (TPSA) is 88.9 Å². The molecule has 0 unspecified atom stereocenters. The van der Waals surface area contributed by atoms with Gasteiger partial charge in [-0.1, -0.05) is 40.8 Å². The lowest BCUT2D eigenvalue weighted by Crippen LogP contribution is -2.43. The average Bonchev–Trinajstić information content (AvgIpc) is 3.58. The summed E-state index contributed by atoms with van der Waals surface area (Å²) in [7, 11) is 0. The molecule has 6 rings (SSSR count). The maximum atomic E-state index is 13.7. The number of morpholine rings is 1. The molecule has 3 atom stereocenters. The van der Waals surface area contributed by atoms with Gasteiger partial charge in [0, 0.05) is 33.8 Å². The van der Waals surface area contributed by atoms with Crippen molar-refractivity contribution in [1.82, 2.24) is 9.47 Å². The van der Waals surface area contributed by atoms with Gasteiger partial charge >= 0.3 is 4.87 Å². The number of carbonyl (C=O) groups excluding carboxylic acids is 3. The van der Waals surface area contributed by atoms with Gasteiger partial charge in [-0.3, -0.25) is 23.7 Å². The number of imide groups is 1. The summed E-state index contributed by atoms with van der Waals surface area (Å²) in [5.74, 6) is -1.86. The number of carbonyl (C=O) groups is 3. The lowest BCUT2D eigenvalue weighted by Gasteiger charge is -2.30. The molecule has 3 aliphatic heterocycles. The summed E-state index contributed by atoms with van der Waals surface area (Å²) in [6.45, 7) is 1.81. The van der Waals surface area contributed by atoms with Gasteiger partial charge in [-0.25, -0.2) is 4.90 Å². The van der Waals surface area contributed by atoms with Crippen molar-refractivity contribution in [1.29, 1.82) is 0 Å². The standard InChI is InChI=1S/C24H20ClN3O5S3/c25-13-3-5-14(6-4-13)28-21(30)18-17(15-2-1-11-34-15)20-23(35-19(18)22(28)31)27(24(32)36-20)12-16(29)26-7-9-33-10-8-26/h1-6,11,17-19H,7-10,12H2/t17-,18-,19+/m0/s1. The highest BCUT2D eigenvalue weighted by Crippen LogP contribution is 2.54. The molecule has 0 N–H and O–H groups in total. The van der Waals surface area contributed by atoms with Gasteiger partial charge in [-0.15, -0.1) is 11.3 Å². The monoisotopic (exact) mass is 561 g/mol.